The van der Waals surface area contributed by atoms with E-state index in [1.54, 1.807) is 10.7 Å². The van der Waals surface area contributed by atoms with Crippen LogP contribution in [0.15, 0.2) is 6.07 Å². The van der Waals surface area contributed by atoms with Crippen molar-refractivity contribution in [1.82, 2.24) is 14.7 Å². The molecule has 0 aliphatic carbocycles. The molecule has 0 bridgehead atoms. The SMILES string of the molecule is CCCN(CC(=O)O)C(=O)c1cc(C)nn1CC. The first-order chi connectivity index (χ1) is 8.49. The molecule has 6 nitrogen and oxygen atoms in total. The van der Waals surface area contributed by atoms with Gasteiger partial charge in [0.25, 0.3) is 5.91 Å². The second-order valence-electron chi connectivity index (χ2n) is 4.11. The predicted molar refractivity (Wildman–Crippen MR) is 66.5 cm³/mol. The van der Waals surface area contributed by atoms with E-state index in [0.717, 1.165) is 12.1 Å². The molecule has 0 radical (unpaired) electrons. The molecule has 1 rings (SSSR count). The molecule has 1 amide bonds. The zero-order valence-corrected chi connectivity index (χ0v) is 11.0. The van der Waals surface area contributed by atoms with Gasteiger partial charge >= 0.3 is 5.97 Å². The van der Waals surface area contributed by atoms with Crippen LogP contribution in [0.2, 0.25) is 0 Å². The number of carbonyl (C=O) groups is 2. The molecular formula is C12H19N3O3. The van der Waals surface area contributed by atoms with Crippen LogP contribution in [0.4, 0.5) is 0 Å². The molecule has 0 atom stereocenters. The van der Waals surface area contributed by atoms with E-state index in [0.29, 0.717) is 18.8 Å². The molecule has 100 valence electrons. The molecule has 1 N–H and O–H groups in total. The fourth-order valence-corrected chi connectivity index (χ4v) is 1.81. The molecule has 1 aromatic heterocycles. The Morgan fingerprint density at radius 3 is 2.61 bits per heavy atom. The summed E-state index contributed by atoms with van der Waals surface area (Å²) < 4.78 is 1.60. The fraction of sp³-hybridized carbons (Fsp3) is 0.583. The van der Waals surface area contributed by atoms with Crippen LogP contribution in [0.1, 0.15) is 36.5 Å². The minimum Gasteiger partial charge on any atom is -0.480 e. The van der Waals surface area contributed by atoms with Gasteiger partial charge in [-0.15, -0.1) is 0 Å². The van der Waals surface area contributed by atoms with Crippen molar-refractivity contribution < 1.29 is 14.7 Å². The first-order valence-electron chi connectivity index (χ1n) is 6.05. The molecular weight excluding hydrogens is 234 g/mol. The van der Waals surface area contributed by atoms with Crippen molar-refractivity contribution in [2.24, 2.45) is 0 Å². The van der Waals surface area contributed by atoms with Gasteiger partial charge in [0.15, 0.2) is 0 Å². The number of amides is 1. The van der Waals surface area contributed by atoms with Gasteiger partial charge in [0.1, 0.15) is 12.2 Å². The Labute approximate surface area is 106 Å². The van der Waals surface area contributed by atoms with Gasteiger partial charge < -0.3 is 10.0 Å². The van der Waals surface area contributed by atoms with Crippen LogP contribution >= 0.6 is 0 Å². The Balaban J connectivity index is 2.96. The third-order valence-electron chi connectivity index (χ3n) is 2.53. The maximum atomic E-state index is 12.3. The smallest absolute Gasteiger partial charge is 0.323 e. The van der Waals surface area contributed by atoms with Gasteiger partial charge in [0.2, 0.25) is 0 Å². The van der Waals surface area contributed by atoms with Gasteiger partial charge in [-0.05, 0) is 26.3 Å². The summed E-state index contributed by atoms with van der Waals surface area (Å²) in [5.41, 5.74) is 1.21. The van der Waals surface area contributed by atoms with E-state index in [1.165, 1.54) is 4.90 Å². The lowest BCUT2D eigenvalue weighted by molar-refractivity contribution is -0.137. The summed E-state index contributed by atoms with van der Waals surface area (Å²) in [5.74, 6) is -1.28. The molecule has 18 heavy (non-hydrogen) atoms. The number of aliphatic carboxylic acids is 1. The number of rotatable bonds is 6. The summed E-state index contributed by atoms with van der Waals surface area (Å²) in [6.45, 7) is 6.35. The third-order valence-corrected chi connectivity index (χ3v) is 2.53. The number of carbonyl (C=O) groups excluding carboxylic acids is 1. The number of carboxylic acids is 1. The van der Waals surface area contributed by atoms with E-state index >= 15 is 0 Å². The lowest BCUT2D eigenvalue weighted by Crippen LogP contribution is -2.37. The summed E-state index contributed by atoms with van der Waals surface area (Å²) in [6.07, 6.45) is 0.721. The number of carboxylic acid groups (broad SMARTS) is 1. The highest BCUT2D eigenvalue weighted by molar-refractivity contribution is 5.94. The fourth-order valence-electron chi connectivity index (χ4n) is 1.81. The second-order valence-corrected chi connectivity index (χ2v) is 4.11. The Bertz CT molecular complexity index is 440. The Hall–Kier alpha value is -1.85. The van der Waals surface area contributed by atoms with Gasteiger partial charge in [0.05, 0.1) is 5.69 Å². The van der Waals surface area contributed by atoms with Gasteiger partial charge in [-0.3, -0.25) is 14.3 Å². The summed E-state index contributed by atoms with van der Waals surface area (Å²) in [7, 11) is 0. The molecule has 1 aromatic rings. The molecule has 0 aliphatic rings. The lowest BCUT2D eigenvalue weighted by Gasteiger charge is -2.20. The molecule has 0 aromatic carbocycles. The minimum absolute atomic E-state index is 0.276. The Kier molecular flexibility index (Phi) is 4.88. The molecule has 0 saturated carbocycles. The number of aryl methyl sites for hydroxylation is 2. The van der Waals surface area contributed by atoms with Gasteiger partial charge in [-0.1, -0.05) is 6.92 Å². The minimum atomic E-state index is -1.00. The molecule has 0 spiro atoms. The van der Waals surface area contributed by atoms with Crippen LogP contribution in [0, 0.1) is 6.92 Å². The predicted octanol–water partition coefficient (Wildman–Crippen LogP) is 1.15. The monoisotopic (exact) mass is 253 g/mol. The maximum Gasteiger partial charge on any atom is 0.323 e. The molecule has 1 heterocycles. The Morgan fingerprint density at radius 1 is 1.44 bits per heavy atom. The maximum absolute atomic E-state index is 12.3. The summed E-state index contributed by atoms with van der Waals surface area (Å²) in [4.78, 5) is 24.4. The van der Waals surface area contributed by atoms with E-state index in [9.17, 15) is 9.59 Å². The largest absolute Gasteiger partial charge is 0.480 e. The zero-order chi connectivity index (χ0) is 13.7. The number of hydrogen-bond acceptors (Lipinski definition) is 3. The molecule has 0 fully saturated rings. The standard InChI is InChI=1S/C12H19N3O3/c1-4-6-14(8-11(16)17)12(18)10-7-9(3)13-15(10)5-2/h7H,4-6,8H2,1-3H3,(H,16,17). The van der Waals surface area contributed by atoms with Crippen molar-refractivity contribution in [2.45, 2.75) is 33.7 Å². The van der Waals surface area contributed by atoms with E-state index in [4.69, 9.17) is 5.11 Å². The van der Waals surface area contributed by atoms with Crippen LogP contribution in [0.5, 0.6) is 0 Å². The summed E-state index contributed by atoms with van der Waals surface area (Å²) in [6, 6.07) is 1.69. The van der Waals surface area contributed by atoms with E-state index < -0.39 is 5.97 Å². The number of aromatic nitrogens is 2. The van der Waals surface area contributed by atoms with Gasteiger partial charge in [-0.2, -0.15) is 5.10 Å². The van der Waals surface area contributed by atoms with Crippen molar-refractivity contribution in [3.05, 3.63) is 17.5 Å². The highest BCUT2D eigenvalue weighted by Crippen LogP contribution is 2.08. The van der Waals surface area contributed by atoms with Crippen LogP contribution in [-0.4, -0.2) is 44.8 Å². The van der Waals surface area contributed by atoms with Crippen LogP contribution in [0.25, 0.3) is 0 Å². The van der Waals surface area contributed by atoms with E-state index in [2.05, 4.69) is 5.10 Å². The lowest BCUT2D eigenvalue weighted by atomic mass is 10.3. The van der Waals surface area contributed by atoms with E-state index in [1.807, 2.05) is 20.8 Å². The average Bonchev–Trinajstić information content (AvgIpc) is 2.68. The molecule has 0 aliphatic heterocycles. The van der Waals surface area contributed by atoms with Crippen molar-refractivity contribution in [3.8, 4) is 0 Å². The van der Waals surface area contributed by atoms with Crippen molar-refractivity contribution in [2.75, 3.05) is 13.1 Å². The van der Waals surface area contributed by atoms with Crippen molar-refractivity contribution >= 4 is 11.9 Å². The quantitative estimate of drug-likeness (QED) is 0.825. The highest BCUT2D eigenvalue weighted by Gasteiger charge is 2.21. The normalized spacial score (nSPS) is 10.4. The third kappa shape index (κ3) is 3.32. The van der Waals surface area contributed by atoms with E-state index in [-0.39, 0.29) is 12.5 Å². The molecule has 0 saturated heterocycles. The average molecular weight is 253 g/mol. The number of hydrogen-bond donors (Lipinski definition) is 1. The second kappa shape index (κ2) is 6.18. The van der Waals surface area contributed by atoms with Crippen molar-refractivity contribution in [3.63, 3.8) is 0 Å². The first-order valence-corrected chi connectivity index (χ1v) is 6.05. The van der Waals surface area contributed by atoms with Gasteiger partial charge in [0, 0.05) is 13.1 Å². The molecule has 0 unspecified atom stereocenters. The molecule has 6 heteroatoms. The summed E-state index contributed by atoms with van der Waals surface area (Å²) in [5, 5.41) is 13.0. The van der Waals surface area contributed by atoms with Crippen LogP contribution in [0.3, 0.4) is 0 Å². The summed E-state index contributed by atoms with van der Waals surface area (Å²) >= 11 is 0. The van der Waals surface area contributed by atoms with Crippen LogP contribution in [-0.2, 0) is 11.3 Å². The first kappa shape index (κ1) is 14.2. The van der Waals surface area contributed by atoms with Gasteiger partial charge in [-0.25, -0.2) is 0 Å². The van der Waals surface area contributed by atoms with Crippen LogP contribution < -0.4 is 0 Å². The highest BCUT2D eigenvalue weighted by atomic mass is 16.4. The Morgan fingerprint density at radius 2 is 2.11 bits per heavy atom. The van der Waals surface area contributed by atoms with Crippen molar-refractivity contribution in [1.29, 1.82) is 0 Å². The number of nitrogens with zero attached hydrogens (tertiary/aromatic N) is 3. The zero-order valence-electron chi connectivity index (χ0n) is 11.0. The topological polar surface area (TPSA) is 75.4 Å².